The lowest BCUT2D eigenvalue weighted by molar-refractivity contribution is 0.204. The molecule has 0 spiro atoms. The smallest absolute Gasteiger partial charge is 0.319 e. The Balaban J connectivity index is 2.09. The van der Waals surface area contributed by atoms with Crippen LogP contribution in [0.4, 0.5) is 14.9 Å². The largest absolute Gasteiger partial charge is 0.464 e. The Bertz CT molecular complexity index is 628. The zero-order chi connectivity index (χ0) is 16.1. The summed E-state index contributed by atoms with van der Waals surface area (Å²) < 4.78 is 19.1. The first-order valence-electron chi connectivity index (χ1n) is 7.03. The van der Waals surface area contributed by atoms with Crippen molar-refractivity contribution in [2.24, 2.45) is 5.92 Å². The lowest BCUT2D eigenvalue weighted by Gasteiger charge is -2.19. The summed E-state index contributed by atoms with van der Waals surface area (Å²) in [6.07, 6.45) is 1.52. The number of urea groups is 1. The highest BCUT2D eigenvalue weighted by Gasteiger charge is 2.15. The van der Waals surface area contributed by atoms with Crippen molar-refractivity contribution in [2.75, 3.05) is 11.9 Å². The highest BCUT2D eigenvalue weighted by atomic mass is 19.1. The molecule has 1 aromatic heterocycles. The molecule has 1 heterocycles. The topological polar surface area (TPSA) is 74.5 Å². The Kier molecular flexibility index (Phi) is 5.16. The molecular weight excluding hydrogens is 287 g/mol. The number of amides is 2. The van der Waals surface area contributed by atoms with E-state index in [9.17, 15) is 9.18 Å². The first-order valence-corrected chi connectivity index (χ1v) is 7.03. The molecule has 6 heteroatoms. The van der Waals surface area contributed by atoms with Crippen LogP contribution in [0.3, 0.4) is 0 Å². The normalized spacial score (nSPS) is 13.5. The van der Waals surface area contributed by atoms with Crippen LogP contribution in [0.25, 0.3) is 11.3 Å². The Morgan fingerprint density at radius 2 is 2.14 bits per heavy atom. The number of furan rings is 1. The highest BCUT2D eigenvalue weighted by Crippen LogP contribution is 2.25. The van der Waals surface area contributed by atoms with Gasteiger partial charge in [0.15, 0.2) is 0 Å². The summed E-state index contributed by atoms with van der Waals surface area (Å²) in [5.41, 5.74) is 0.730. The number of halogens is 1. The second kappa shape index (κ2) is 7.09. The molecule has 0 aliphatic carbocycles. The summed E-state index contributed by atoms with van der Waals surface area (Å²) in [6, 6.07) is 7.08. The SMILES string of the molecule is C[C@H](CO)[C@@H](C)NC(=O)Nc1cc(-c2ccco2)ccc1F. The zero-order valence-corrected chi connectivity index (χ0v) is 12.5. The number of nitrogens with one attached hydrogen (secondary N) is 2. The molecule has 0 unspecified atom stereocenters. The monoisotopic (exact) mass is 306 g/mol. The Hall–Kier alpha value is -2.34. The lowest BCUT2D eigenvalue weighted by atomic mass is 10.1. The van der Waals surface area contributed by atoms with Gasteiger partial charge < -0.3 is 20.2 Å². The molecule has 1 aromatic carbocycles. The summed E-state index contributed by atoms with van der Waals surface area (Å²) in [5, 5.41) is 14.2. The number of aliphatic hydroxyl groups excluding tert-OH is 1. The number of hydrogen-bond donors (Lipinski definition) is 3. The fraction of sp³-hybridized carbons (Fsp3) is 0.312. The van der Waals surface area contributed by atoms with Crippen LogP contribution >= 0.6 is 0 Å². The van der Waals surface area contributed by atoms with Crippen LogP contribution < -0.4 is 10.6 Å². The van der Waals surface area contributed by atoms with E-state index >= 15 is 0 Å². The van der Waals surface area contributed by atoms with Gasteiger partial charge in [0, 0.05) is 18.2 Å². The molecule has 0 radical (unpaired) electrons. The van der Waals surface area contributed by atoms with Gasteiger partial charge in [-0.05, 0) is 43.2 Å². The molecule has 0 aliphatic rings. The van der Waals surface area contributed by atoms with Crippen LogP contribution in [-0.4, -0.2) is 23.8 Å². The van der Waals surface area contributed by atoms with Crippen LogP contribution in [0.2, 0.25) is 0 Å². The summed E-state index contributed by atoms with van der Waals surface area (Å²) >= 11 is 0. The Labute approximate surface area is 128 Å². The van der Waals surface area contributed by atoms with Gasteiger partial charge in [-0.25, -0.2) is 9.18 Å². The van der Waals surface area contributed by atoms with E-state index in [4.69, 9.17) is 9.52 Å². The molecule has 118 valence electrons. The fourth-order valence-electron chi connectivity index (χ4n) is 1.88. The van der Waals surface area contributed by atoms with E-state index in [1.54, 1.807) is 25.1 Å². The van der Waals surface area contributed by atoms with Crippen molar-refractivity contribution in [2.45, 2.75) is 19.9 Å². The van der Waals surface area contributed by atoms with E-state index in [0.717, 1.165) is 0 Å². The molecule has 0 aliphatic heterocycles. The zero-order valence-electron chi connectivity index (χ0n) is 12.5. The van der Waals surface area contributed by atoms with Gasteiger partial charge in [0.2, 0.25) is 0 Å². The van der Waals surface area contributed by atoms with Gasteiger partial charge in [-0.15, -0.1) is 0 Å². The molecule has 22 heavy (non-hydrogen) atoms. The first kappa shape index (κ1) is 16.0. The summed E-state index contributed by atoms with van der Waals surface area (Å²) in [4.78, 5) is 11.9. The van der Waals surface area contributed by atoms with Crippen molar-refractivity contribution in [3.05, 3.63) is 42.4 Å². The Morgan fingerprint density at radius 3 is 2.77 bits per heavy atom. The predicted molar refractivity (Wildman–Crippen MR) is 82.0 cm³/mol. The fourth-order valence-corrected chi connectivity index (χ4v) is 1.88. The number of benzene rings is 1. The van der Waals surface area contributed by atoms with Crippen molar-refractivity contribution >= 4 is 11.7 Å². The standard InChI is InChI=1S/C16H19FN2O3/c1-10(9-20)11(2)18-16(21)19-14-8-12(5-6-13(14)17)15-4-3-7-22-15/h3-8,10-11,20H,9H2,1-2H3,(H2,18,19,21)/t10-,11-/m1/s1. The molecular formula is C16H19FN2O3. The van der Waals surface area contributed by atoms with Gasteiger partial charge in [0.05, 0.1) is 12.0 Å². The van der Waals surface area contributed by atoms with Crippen LogP contribution in [0.15, 0.2) is 41.0 Å². The summed E-state index contributed by atoms with van der Waals surface area (Å²) in [5.74, 6) is -0.0379. The number of rotatable bonds is 5. The highest BCUT2D eigenvalue weighted by molar-refractivity contribution is 5.90. The van der Waals surface area contributed by atoms with Gasteiger partial charge >= 0.3 is 6.03 Å². The molecule has 2 amide bonds. The minimum Gasteiger partial charge on any atom is -0.464 e. The predicted octanol–water partition coefficient (Wildman–Crippen LogP) is 3.22. The maximum absolute atomic E-state index is 13.8. The molecule has 2 atom stereocenters. The Morgan fingerprint density at radius 1 is 1.36 bits per heavy atom. The van der Waals surface area contributed by atoms with E-state index in [0.29, 0.717) is 11.3 Å². The third kappa shape index (κ3) is 3.85. The van der Waals surface area contributed by atoms with Gasteiger partial charge in [-0.1, -0.05) is 6.92 Å². The number of carbonyl (C=O) groups excluding carboxylic acids is 1. The van der Waals surface area contributed by atoms with Crippen molar-refractivity contribution < 1.29 is 18.7 Å². The minimum atomic E-state index is -0.534. The second-order valence-corrected chi connectivity index (χ2v) is 5.22. The molecule has 0 fully saturated rings. The summed E-state index contributed by atoms with van der Waals surface area (Å²) in [6.45, 7) is 3.54. The van der Waals surface area contributed by atoms with Gasteiger partial charge in [0.1, 0.15) is 11.6 Å². The molecule has 2 aromatic rings. The molecule has 5 nitrogen and oxygen atoms in total. The van der Waals surface area contributed by atoms with Gasteiger partial charge in [-0.3, -0.25) is 0 Å². The third-order valence-electron chi connectivity index (χ3n) is 3.52. The van der Waals surface area contributed by atoms with E-state index < -0.39 is 11.8 Å². The number of aliphatic hydroxyl groups is 1. The van der Waals surface area contributed by atoms with Crippen LogP contribution in [0, 0.1) is 11.7 Å². The quantitative estimate of drug-likeness (QED) is 0.794. The maximum atomic E-state index is 13.8. The molecule has 0 bridgehead atoms. The van der Waals surface area contributed by atoms with E-state index in [2.05, 4.69) is 10.6 Å². The van der Waals surface area contributed by atoms with Gasteiger partial charge in [-0.2, -0.15) is 0 Å². The number of carbonyl (C=O) groups is 1. The van der Waals surface area contributed by atoms with Crippen molar-refractivity contribution in [3.8, 4) is 11.3 Å². The third-order valence-corrected chi connectivity index (χ3v) is 3.52. The van der Waals surface area contributed by atoms with Gasteiger partial charge in [0.25, 0.3) is 0 Å². The molecule has 0 saturated heterocycles. The molecule has 2 rings (SSSR count). The summed E-state index contributed by atoms with van der Waals surface area (Å²) in [7, 11) is 0. The first-order chi connectivity index (χ1) is 10.5. The van der Waals surface area contributed by atoms with Crippen LogP contribution in [-0.2, 0) is 0 Å². The average molecular weight is 306 g/mol. The van der Waals surface area contributed by atoms with E-state index in [1.807, 2.05) is 6.92 Å². The maximum Gasteiger partial charge on any atom is 0.319 e. The second-order valence-electron chi connectivity index (χ2n) is 5.22. The van der Waals surface area contributed by atoms with Crippen molar-refractivity contribution in [3.63, 3.8) is 0 Å². The van der Waals surface area contributed by atoms with Crippen LogP contribution in [0.5, 0.6) is 0 Å². The number of hydrogen-bond acceptors (Lipinski definition) is 3. The lowest BCUT2D eigenvalue weighted by Crippen LogP contribution is -2.40. The van der Waals surface area contributed by atoms with Crippen LogP contribution in [0.1, 0.15) is 13.8 Å². The van der Waals surface area contributed by atoms with Crippen molar-refractivity contribution in [1.29, 1.82) is 0 Å². The minimum absolute atomic E-state index is 0.0379. The van der Waals surface area contributed by atoms with E-state index in [-0.39, 0.29) is 24.3 Å². The number of anilines is 1. The molecule has 3 N–H and O–H groups in total. The molecule has 0 saturated carbocycles. The average Bonchev–Trinajstić information content (AvgIpc) is 3.02. The van der Waals surface area contributed by atoms with Crippen molar-refractivity contribution in [1.82, 2.24) is 5.32 Å². The van der Waals surface area contributed by atoms with E-state index in [1.165, 1.54) is 18.4 Å².